The van der Waals surface area contributed by atoms with Crippen LogP contribution in [0.2, 0.25) is 5.15 Å². The summed E-state index contributed by atoms with van der Waals surface area (Å²) >= 11 is 6.30. The van der Waals surface area contributed by atoms with Gasteiger partial charge in [-0.3, -0.25) is 9.48 Å². The van der Waals surface area contributed by atoms with Gasteiger partial charge in [0.25, 0.3) is 5.91 Å². The van der Waals surface area contributed by atoms with Crippen LogP contribution >= 0.6 is 11.6 Å². The molecular weight excluding hydrogens is 382 g/mol. The lowest BCUT2D eigenvalue weighted by molar-refractivity contribution is -0.123. The molecule has 1 N–H and O–H groups in total. The van der Waals surface area contributed by atoms with Gasteiger partial charge in [0.05, 0.1) is 18.5 Å². The predicted octanol–water partition coefficient (Wildman–Crippen LogP) is 4.00. The van der Waals surface area contributed by atoms with Gasteiger partial charge in [0.15, 0.2) is 6.10 Å². The van der Waals surface area contributed by atoms with Crippen molar-refractivity contribution >= 4 is 29.2 Å². The minimum absolute atomic E-state index is 0.176. The molecule has 1 aromatic carbocycles. The molecule has 1 atom stereocenters. The Hall–Kier alpha value is -2.54. The van der Waals surface area contributed by atoms with E-state index in [2.05, 4.69) is 10.4 Å². The highest BCUT2D eigenvalue weighted by molar-refractivity contribution is 6.32. The number of rotatable bonds is 7. The Bertz CT molecular complexity index is 877. The Morgan fingerprint density at radius 1 is 1.25 bits per heavy atom. The summed E-state index contributed by atoms with van der Waals surface area (Å²) in [5.74, 6) is -0.321. The van der Waals surface area contributed by atoms with Crippen molar-refractivity contribution in [1.29, 1.82) is 0 Å². The van der Waals surface area contributed by atoms with Crippen molar-refractivity contribution in [2.24, 2.45) is 5.92 Å². The molecule has 152 valence electrons. The average Bonchev–Trinajstić information content (AvgIpc) is 2.87. The van der Waals surface area contributed by atoms with E-state index in [-0.39, 0.29) is 10.7 Å². The van der Waals surface area contributed by atoms with Gasteiger partial charge in [-0.2, -0.15) is 5.10 Å². The molecule has 1 heterocycles. The number of ether oxygens (including phenoxy) is 2. The first-order chi connectivity index (χ1) is 13.1. The van der Waals surface area contributed by atoms with Crippen molar-refractivity contribution < 1.29 is 19.1 Å². The fraction of sp³-hybridized carbons (Fsp3) is 0.450. The molecule has 0 fully saturated rings. The molecule has 0 saturated heterocycles. The summed E-state index contributed by atoms with van der Waals surface area (Å²) in [4.78, 5) is 25.0. The first-order valence-corrected chi connectivity index (χ1v) is 9.41. The van der Waals surface area contributed by atoms with E-state index in [0.29, 0.717) is 29.6 Å². The standard InChI is InChI=1S/C20H26ClN3O4/c1-11(2)10-24-18(21)17(13(4)23-24)20(26)28-14(5)19(25)22-15-9-12(3)7-8-16(15)27-6/h7-9,11,14H,10H2,1-6H3,(H,22,25)/t14-/m0/s1. The van der Waals surface area contributed by atoms with Crippen molar-refractivity contribution in [2.45, 2.75) is 47.3 Å². The topological polar surface area (TPSA) is 82.4 Å². The molecule has 2 rings (SSSR count). The van der Waals surface area contributed by atoms with Gasteiger partial charge in [0.2, 0.25) is 0 Å². The Balaban J connectivity index is 2.11. The number of carbonyl (C=O) groups is 2. The maximum atomic E-state index is 12.6. The second-order valence-corrected chi connectivity index (χ2v) is 7.43. The van der Waals surface area contributed by atoms with Crippen LogP contribution in [0.5, 0.6) is 5.75 Å². The molecule has 28 heavy (non-hydrogen) atoms. The number of anilines is 1. The normalized spacial score (nSPS) is 12.0. The van der Waals surface area contributed by atoms with Crippen LogP contribution in [0.3, 0.4) is 0 Å². The predicted molar refractivity (Wildman–Crippen MR) is 108 cm³/mol. The summed E-state index contributed by atoms with van der Waals surface area (Å²) < 4.78 is 12.1. The van der Waals surface area contributed by atoms with Crippen LogP contribution in [0.15, 0.2) is 18.2 Å². The number of esters is 1. The summed E-state index contributed by atoms with van der Waals surface area (Å²) in [6, 6.07) is 5.41. The number of carbonyl (C=O) groups excluding carboxylic acids is 2. The third-order valence-corrected chi connectivity index (χ3v) is 4.46. The van der Waals surface area contributed by atoms with E-state index < -0.39 is 18.0 Å². The Morgan fingerprint density at radius 3 is 2.54 bits per heavy atom. The first kappa shape index (κ1) is 21.8. The number of aromatic nitrogens is 2. The molecule has 8 heteroatoms. The Labute approximate surface area is 170 Å². The summed E-state index contributed by atoms with van der Waals surface area (Å²) in [7, 11) is 1.52. The van der Waals surface area contributed by atoms with Gasteiger partial charge in [0, 0.05) is 6.54 Å². The zero-order chi connectivity index (χ0) is 21.0. The van der Waals surface area contributed by atoms with Gasteiger partial charge in [0.1, 0.15) is 16.5 Å². The number of nitrogens with one attached hydrogen (secondary N) is 1. The number of nitrogens with zero attached hydrogens (tertiary/aromatic N) is 2. The van der Waals surface area contributed by atoms with Crippen molar-refractivity contribution in [3.8, 4) is 5.75 Å². The highest BCUT2D eigenvalue weighted by Gasteiger charge is 2.26. The fourth-order valence-electron chi connectivity index (χ4n) is 2.68. The zero-order valence-electron chi connectivity index (χ0n) is 17.0. The molecule has 7 nitrogen and oxygen atoms in total. The molecule has 0 aliphatic carbocycles. The number of amides is 1. The number of hydrogen-bond donors (Lipinski definition) is 1. The summed E-state index contributed by atoms with van der Waals surface area (Å²) in [6.07, 6.45) is -1.03. The monoisotopic (exact) mass is 407 g/mol. The number of benzene rings is 1. The first-order valence-electron chi connectivity index (χ1n) is 9.03. The molecular formula is C20H26ClN3O4. The van der Waals surface area contributed by atoms with Crippen LogP contribution in [0, 0.1) is 19.8 Å². The third kappa shape index (κ3) is 5.04. The maximum absolute atomic E-state index is 12.6. The van der Waals surface area contributed by atoms with Crippen LogP contribution in [-0.4, -0.2) is 34.9 Å². The number of aryl methyl sites for hydroxylation is 2. The highest BCUT2D eigenvalue weighted by Crippen LogP contribution is 2.26. The van der Waals surface area contributed by atoms with Crippen LogP contribution in [0.4, 0.5) is 5.69 Å². The van der Waals surface area contributed by atoms with Crippen molar-refractivity contribution in [3.05, 3.63) is 40.2 Å². The molecule has 1 amide bonds. The van der Waals surface area contributed by atoms with E-state index in [9.17, 15) is 9.59 Å². The van der Waals surface area contributed by atoms with Gasteiger partial charge in [-0.15, -0.1) is 0 Å². The van der Waals surface area contributed by atoms with Crippen LogP contribution in [-0.2, 0) is 16.1 Å². The maximum Gasteiger partial charge on any atom is 0.343 e. The van der Waals surface area contributed by atoms with Crippen LogP contribution < -0.4 is 10.1 Å². The Kier molecular flexibility index (Phi) is 7.07. The van der Waals surface area contributed by atoms with E-state index in [1.165, 1.54) is 14.0 Å². The lowest BCUT2D eigenvalue weighted by atomic mass is 10.2. The Morgan fingerprint density at radius 2 is 1.93 bits per heavy atom. The summed E-state index contributed by atoms with van der Waals surface area (Å²) in [5, 5.41) is 7.23. The quantitative estimate of drug-likeness (QED) is 0.701. The lowest BCUT2D eigenvalue weighted by Gasteiger charge is -2.15. The van der Waals surface area contributed by atoms with E-state index in [1.54, 1.807) is 23.7 Å². The summed E-state index contributed by atoms with van der Waals surface area (Å²) in [5.41, 5.74) is 2.11. The van der Waals surface area contributed by atoms with Crippen LogP contribution in [0.25, 0.3) is 0 Å². The largest absolute Gasteiger partial charge is 0.495 e. The molecule has 0 saturated carbocycles. The van der Waals surface area contributed by atoms with Crippen molar-refractivity contribution in [3.63, 3.8) is 0 Å². The van der Waals surface area contributed by atoms with E-state index >= 15 is 0 Å². The highest BCUT2D eigenvalue weighted by atomic mass is 35.5. The molecule has 1 aromatic heterocycles. The third-order valence-electron chi connectivity index (χ3n) is 4.07. The molecule has 0 aliphatic heterocycles. The minimum atomic E-state index is -1.03. The number of halogens is 1. The number of methoxy groups -OCH3 is 1. The van der Waals surface area contributed by atoms with Crippen molar-refractivity contribution in [2.75, 3.05) is 12.4 Å². The lowest BCUT2D eigenvalue weighted by Crippen LogP contribution is -2.30. The molecule has 0 radical (unpaired) electrons. The van der Waals surface area contributed by atoms with Crippen molar-refractivity contribution in [1.82, 2.24) is 9.78 Å². The van der Waals surface area contributed by atoms with E-state index in [4.69, 9.17) is 21.1 Å². The minimum Gasteiger partial charge on any atom is -0.495 e. The molecule has 2 aromatic rings. The average molecular weight is 408 g/mol. The smallest absolute Gasteiger partial charge is 0.343 e. The summed E-state index contributed by atoms with van der Waals surface area (Å²) in [6.45, 7) is 9.71. The van der Waals surface area contributed by atoms with Gasteiger partial charge >= 0.3 is 5.97 Å². The van der Waals surface area contributed by atoms with Gasteiger partial charge in [-0.05, 0) is 44.4 Å². The van der Waals surface area contributed by atoms with Gasteiger partial charge < -0.3 is 14.8 Å². The van der Waals surface area contributed by atoms with Gasteiger partial charge in [-0.25, -0.2) is 4.79 Å². The van der Waals surface area contributed by atoms with Gasteiger partial charge in [-0.1, -0.05) is 31.5 Å². The molecule has 0 bridgehead atoms. The second-order valence-electron chi connectivity index (χ2n) is 7.07. The van der Waals surface area contributed by atoms with E-state index in [0.717, 1.165) is 5.56 Å². The number of hydrogen-bond acceptors (Lipinski definition) is 5. The zero-order valence-corrected chi connectivity index (χ0v) is 17.8. The second kappa shape index (κ2) is 9.10. The van der Waals surface area contributed by atoms with E-state index in [1.807, 2.05) is 26.8 Å². The molecule has 0 aliphatic rings. The molecule has 0 spiro atoms. The molecule has 0 unspecified atom stereocenters. The SMILES string of the molecule is COc1ccc(C)cc1NC(=O)[C@H](C)OC(=O)c1c(C)nn(CC(C)C)c1Cl. The fourth-order valence-corrected chi connectivity index (χ4v) is 3.00. The van der Waals surface area contributed by atoms with Crippen LogP contribution in [0.1, 0.15) is 42.4 Å².